The third-order valence-electron chi connectivity index (χ3n) is 3.39. The van der Waals surface area contributed by atoms with Gasteiger partial charge >= 0.3 is 0 Å². The number of benzene rings is 1. The highest BCUT2D eigenvalue weighted by Crippen LogP contribution is 2.37. The molecule has 1 unspecified atom stereocenters. The van der Waals surface area contributed by atoms with Gasteiger partial charge in [-0.3, -0.25) is 9.59 Å². The van der Waals surface area contributed by atoms with E-state index in [1.165, 1.54) is 6.07 Å². The second-order valence-electron chi connectivity index (χ2n) is 4.63. The van der Waals surface area contributed by atoms with Gasteiger partial charge in [0.1, 0.15) is 5.75 Å². The van der Waals surface area contributed by atoms with Crippen LogP contribution in [-0.2, 0) is 4.74 Å². The number of aromatic hydroxyl groups is 1. The zero-order valence-corrected chi connectivity index (χ0v) is 9.90. The van der Waals surface area contributed by atoms with Gasteiger partial charge in [0.2, 0.25) is 5.78 Å². The zero-order valence-electron chi connectivity index (χ0n) is 9.90. The molecular formula is C14H12O4. The molecule has 1 aromatic carbocycles. The lowest BCUT2D eigenvalue weighted by Gasteiger charge is -2.28. The van der Waals surface area contributed by atoms with E-state index >= 15 is 0 Å². The number of phenolic OH excluding ortho intramolecular Hbond substituents is 1. The number of Topliss-reactive ketones (excluding diaryl/α,β-unsaturated/α-hetero) is 2. The van der Waals surface area contributed by atoms with Crippen LogP contribution >= 0.6 is 0 Å². The Balaban J connectivity index is 2.21. The number of rotatable bonds is 0. The van der Waals surface area contributed by atoms with Crippen molar-refractivity contribution in [2.45, 2.75) is 25.9 Å². The molecule has 18 heavy (non-hydrogen) atoms. The maximum absolute atomic E-state index is 12.3. The van der Waals surface area contributed by atoms with E-state index in [0.29, 0.717) is 12.0 Å². The van der Waals surface area contributed by atoms with E-state index in [-0.39, 0.29) is 40.3 Å². The normalized spacial score (nSPS) is 22.4. The van der Waals surface area contributed by atoms with Crippen molar-refractivity contribution < 1.29 is 19.4 Å². The summed E-state index contributed by atoms with van der Waals surface area (Å²) >= 11 is 0. The molecule has 4 heteroatoms. The first kappa shape index (κ1) is 11.0. The standard InChI is InChI=1S/C14H12O4/c1-7-5-6-9-12(16)8-3-2-4-10(15)11(8)13(17)14(9)18-7/h2-4,7,15H,5-6H2,1H3. The highest BCUT2D eigenvalue weighted by molar-refractivity contribution is 6.27. The van der Waals surface area contributed by atoms with Crippen LogP contribution in [0, 0.1) is 0 Å². The number of carbonyl (C=O) groups is 2. The van der Waals surface area contributed by atoms with Gasteiger partial charge in [-0.1, -0.05) is 12.1 Å². The molecule has 2 aliphatic rings. The summed E-state index contributed by atoms with van der Waals surface area (Å²) in [4.78, 5) is 24.5. The fraction of sp³-hybridized carbons (Fsp3) is 0.286. The monoisotopic (exact) mass is 244 g/mol. The molecule has 0 aromatic heterocycles. The van der Waals surface area contributed by atoms with Crippen LogP contribution in [0.4, 0.5) is 0 Å². The van der Waals surface area contributed by atoms with Gasteiger partial charge in [0.25, 0.3) is 0 Å². The van der Waals surface area contributed by atoms with Gasteiger partial charge in [0.05, 0.1) is 11.7 Å². The van der Waals surface area contributed by atoms with Crippen LogP contribution in [0.3, 0.4) is 0 Å². The molecule has 0 saturated heterocycles. The SMILES string of the molecule is CC1CCC2=C(O1)C(=O)c1c(O)cccc1C2=O. The van der Waals surface area contributed by atoms with Crippen LogP contribution in [-0.4, -0.2) is 22.8 Å². The first-order chi connectivity index (χ1) is 8.59. The van der Waals surface area contributed by atoms with Crippen molar-refractivity contribution >= 4 is 11.6 Å². The van der Waals surface area contributed by atoms with E-state index in [1.807, 2.05) is 6.92 Å². The zero-order chi connectivity index (χ0) is 12.9. The quantitative estimate of drug-likeness (QED) is 0.760. The van der Waals surface area contributed by atoms with Crippen LogP contribution < -0.4 is 0 Å². The van der Waals surface area contributed by atoms with Crippen LogP contribution in [0.2, 0.25) is 0 Å². The third kappa shape index (κ3) is 1.38. The van der Waals surface area contributed by atoms with E-state index in [0.717, 1.165) is 6.42 Å². The minimum atomic E-state index is -0.385. The molecule has 3 rings (SSSR count). The van der Waals surface area contributed by atoms with Crippen LogP contribution in [0.15, 0.2) is 29.5 Å². The first-order valence-electron chi connectivity index (χ1n) is 5.90. The predicted molar refractivity (Wildman–Crippen MR) is 63.6 cm³/mol. The van der Waals surface area contributed by atoms with Gasteiger partial charge in [0.15, 0.2) is 11.5 Å². The molecule has 1 aliphatic carbocycles. The van der Waals surface area contributed by atoms with Crippen LogP contribution in [0.1, 0.15) is 40.5 Å². The van der Waals surface area contributed by atoms with Gasteiger partial charge in [-0.05, 0) is 25.8 Å². The molecule has 0 fully saturated rings. The average molecular weight is 244 g/mol. The maximum atomic E-state index is 12.3. The molecule has 1 atom stereocenters. The highest BCUT2D eigenvalue weighted by atomic mass is 16.5. The van der Waals surface area contributed by atoms with Crippen molar-refractivity contribution in [3.05, 3.63) is 40.7 Å². The predicted octanol–water partition coefficient (Wildman–Crippen LogP) is 2.22. The molecule has 0 spiro atoms. The molecule has 0 saturated carbocycles. The molecule has 1 aliphatic heterocycles. The molecule has 0 bridgehead atoms. The maximum Gasteiger partial charge on any atom is 0.232 e. The topological polar surface area (TPSA) is 63.6 Å². The van der Waals surface area contributed by atoms with Gasteiger partial charge in [-0.2, -0.15) is 0 Å². The summed E-state index contributed by atoms with van der Waals surface area (Å²) in [6.07, 6.45) is 1.20. The Morgan fingerprint density at radius 1 is 1.28 bits per heavy atom. The largest absolute Gasteiger partial charge is 0.507 e. The van der Waals surface area contributed by atoms with Gasteiger partial charge in [-0.15, -0.1) is 0 Å². The summed E-state index contributed by atoms with van der Waals surface area (Å²) in [6, 6.07) is 4.54. The van der Waals surface area contributed by atoms with E-state index in [1.54, 1.807) is 12.1 Å². The number of fused-ring (bicyclic) bond motifs is 1. The fourth-order valence-corrected chi connectivity index (χ4v) is 2.44. The highest BCUT2D eigenvalue weighted by Gasteiger charge is 2.38. The third-order valence-corrected chi connectivity index (χ3v) is 3.39. The van der Waals surface area contributed by atoms with Crippen molar-refractivity contribution in [3.8, 4) is 5.75 Å². The van der Waals surface area contributed by atoms with E-state index in [2.05, 4.69) is 0 Å². The Morgan fingerprint density at radius 2 is 2.06 bits per heavy atom. The molecule has 1 N–H and O–H groups in total. The number of hydrogen-bond donors (Lipinski definition) is 1. The lowest BCUT2D eigenvalue weighted by atomic mass is 9.84. The summed E-state index contributed by atoms with van der Waals surface area (Å²) in [5.74, 6) is -0.640. The summed E-state index contributed by atoms with van der Waals surface area (Å²) in [5, 5.41) is 9.75. The van der Waals surface area contributed by atoms with Gasteiger partial charge < -0.3 is 9.84 Å². The number of carbonyl (C=O) groups excluding carboxylic acids is 2. The van der Waals surface area contributed by atoms with E-state index in [4.69, 9.17) is 4.74 Å². The van der Waals surface area contributed by atoms with Crippen LogP contribution in [0.25, 0.3) is 0 Å². The number of ether oxygens (including phenoxy) is 1. The van der Waals surface area contributed by atoms with Crippen molar-refractivity contribution in [1.82, 2.24) is 0 Å². The lowest BCUT2D eigenvalue weighted by Crippen LogP contribution is -2.29. The Morgan fingerprint density at radius 3 is 2.83 bits per heavy atom. The summed E-state index contributed by atoms with van der Waals surface area (Å²) in [6.45, 7) is 1.86. The van der Waals surface area contributed by atoms with Crippen molar-refractivity contribution in [1.29, 1.82) is 0 Å². The number of phenols is 1. The first-order valence-corrected chi connectivity index (χ1v) is 5.90. The van der Waals surface area contributed by atoms with Gasteiger partial charge in [0, 0.05) is 11.1 Å². The Labute approximate surface area is 104 Å². The summed E-state index contributed by atoms with van der Waals surface area (Å²) in [5.41, 5.74) is 0.781. The molecule has 4 nitrogen and oxygen atoms in total. The molecule has 1 aromatic rings. The smallest absolute Gasteiger partial charge is 0.232 e. The Kier molecular flexibility index (Phi) is 2.26. The van der Waals surface area contributed by atoms with E-state index in [9.17, 15) is 14.7 Å². The molecule has 1 heterocycles. The molecule has 0 amide bonds. The van der Waals surface area contributed by atoms with Gasteiger partial charge in [-0.25, -0.2) is 0 Å². The lowest BCUT2D eigenvalue weighted by molar-refractivity contribution is 0.0676. The minimum Gasteiger partial charge on any atom is -0.507 e. The molecular weight excluding hydrogens is 232 g/mol. The minimum absolute atomic E-state index is 0.0651. The molecule has 92 valence electrons. The van der Waals surface area contributed by atoms with E-state index < -0.39 is 0 Å². The van der Waals surface area contributed by atoms with Crippen molar-refractivity contribution in [3.63, 3.8) is 0 Å². The Hall–Kier alpha value is -2.10. The second kappa shape index (κ2) is 3.70. The van der Waals surface area contributed by atoms with Crippen molar-refractivity contribution in [2.75, 3.05) is 0 Å². The number of hydrogen-bond acceptors (Lipinski definition) is 4. The molecule has 0 radical (unpaired) electrons. The fourth-order valence-electron chi connectivity index (χ4n) is 2.44. The number of allylic oxidation sites excluding steroid dienone is 2. The van der Waals surface area contributed by atoms with Crippen molar-refractivity contribution in [2.24, 2.45) is 0 Å². The Bertz CT molecular complexity index is 598. The summed E-state index contributed by atoms with van der Waals surface area (Å²) in [7, 11) is 0. The number of ketones is 2. The van der Waals surface area contributed by atoms with Crippen LogP contribution in [0.5, 0.6) is 5.75 Å². The second-order valence-corrected chi connectivity index (χ2v) is 4.63. The average Bonchev–Trinajstić information content (AvgIpc) is 2.35. The summed E-state index contributed by atoms with van der Waals surface area (Å²) < 4.78 is 5.48.